The van der Waals surface area contributed by atoms with Crippen LogP contribution in [0.2, 0.25) is 0 Å². The molecule has 0 bridgehead atoms. The molecule has 39 heavy (non-hydrogen) atoms. The van der Waals surface area contributed by atoms with Crippen LogP contribution in [0.4, 0.5) is 4.79 Å². The highest BCUT2D eigenvalue weighted by atomic mass is 79.9. The Morgan fingerprint density at radius 2 is 1.54 bits per heavy atom. The minimum absolute atomic E-state index is 0.0410. The lowest BCUT2D eigenvalue weighted by Gasteiger charge is -2.36. The Morgan fingerprint density at radius 1 is 0.897 bits per heavy atom. The Hall–Kier alpha value is -3.32. The van der Waals surface area contributed by atoms with E-state index in [4.69, 9.17) is 14.2 Å². The van der Waals surface area contributed by atoms with E-state index in [1.165, 1.54) is 10.5 Å². The minimum atomic E-state index is -0.953. The smallest absolute Gasteiger partial charge is 0.411 e. The van der Waals surface area contributed by atoms with Gasteiger partial charge in [-0.05, 0) is 91.3 Å². The number of carbonyl (C=O) groups excluding carboxylic acids is 2. The summed E-state index contributed by atoms with van der Waals surface area (Å²) in [5.74, 6) is 0.752. The van der Waals surface area contributed by atoms with Crippen LogP contribution in [-0.4, -0.2) is 29.1 Å². The molecule has 206 valence electrons. The zero-order valence-corrected chi connectivity index (χ0v) is 25.0. The Balaban J connectivity index is 1.62. The van der Waals surface area contributed by atoms with Crippen LogP contribution in [0.1, 0.15) is 69.8 Å². The van der Waals surface area contributed by atoms with Crippen molar-refractivity contribution in [2.24, 2.45) is 0 Å². The highest BCUT2D eigenvalue weighted by Gasteiger charge is 2.39. The predicted octanol–water partition coefficient (Wildman–Crippen LogP) is 8.12. The number of nitrogens with zero attached hydrogens (tertiary/aromatic N) is 1. The number of ether oxygens (including phenoxy) is 3. The van der Waals surface area contributed by atoms with Gasteiger partial charge in [0.1, 0.15) is 23.7 Å². The third kappa shape index (κ3) is 7.41. The summed E-state index contributed by atoms with van der Waals surface area (Å²) >= 11 is 3.42. The van der Waals surface area contributed by atoms with Crippen LogP contribution in [-0.2, 0) is 32.7 Å². The third-order valence-corrected chi connectivity index (χ3v) is 6.98. The van der Waals surface area contributed by atoms with E-state index >= 15 is 0 Å². The van der Waals surface area contributed by atoms with Gasteiger partial charge in [-0.15, -0.1) is 0 Å². The summed E-state index contributed by atoms with van der Waals surface area (Å²) < 4.78 is 18.5. The second-order valence-electron chi connectivity index (χ2n) is 11.8. The summed E-state index contributed by atoms with van der Waals surface area (Å²) in [6, 6.07) is 20.3. The molecule has 6 nitrogen and oxygen atoms in total. The highest BCUT2D eigenvalue weighted by molar-refractivity contribution is 9.10. The number of fused-ring (bicyclic) bond motifs is 1. The SMILES string of the molecule is CC(C)(C)OC(=O)N1CCc2ccc(Oc3ccc(C(C)(C)C)cc3)cc2C1C(=O)OCc1ccc(Br)cc1. The molecule has 3 aromatic rings. The molecular weight excluding hydrogens is 558 g/mol. The summed E-state index contributed by atoms with van der Waals surface area (Å²) in [6.45, 7) is 12.3. The zero-order chi connectivity index (χ0) is 28.4. The second kappa shape index (κ2) is 11.4. The van der Waals surface area contributed by atoms with E-state index in [0.717, 1.165) is 15.6 Å². The van der Waals surface area contributed by atoms with Gasteiger partial charge in [0, 0.05) is 11.0 Å². The molecule has 1 aliphatic rings. The topological polar surface area (TPSA) is 65.1 Å². The van der Waals surface area contributed by atoms with Gasteiger partial charge in [0.15, 0.2) is 6.04 Å². The summed E-state index contributed by atoms with van der Waals surface area (Å²) in [5, 5.41) is 0. The maximum Gasteiger partial charge on any atom is 0.411 e. The molecule has 0 spiro atoms. The van der Waals surface area contributed by atoms with Crippen molar-refractivity contribution in [3.8, 4) is 11.5 Å². The molecule has 1 unspecified atom stereocenters. The Labute approximate surface area is 239 Å². The minimum Gasteiger partial charge on any atom is -0.459 e. The van der Waals surface area contributed by atoms with Crippen molar-refractivity contribution in [1.82, 2.24) is 4.90 Å². The Kier molecular flexibility index (Phi) is 8.40. The highest BCUT2D eigenvalue weighted by Crippen LogP contribution is 2.36. The molecule has 1 atom stereocenters. The quantitative estimate of drug-likeness (QED) is 0.279. The zero-order valence-electron chi connectivity index (χ0n) is 23.4. The van der Waals surface area contributed by atoms with Gasteiger partial charge in [-0.2, -0.15) is 0 Å². The van der Waals surface area contributed by atoms with E-state index in [0.29, 0.717) is 30.0 Å². The van der Waals surface area contributed by atoms with E-state index < -0.39 is 23.7 Å². The molecule has 0 aliphatic carbocycles. The first-order valence-electron chi connectivity index (χ1n) is 13.1. The van der Waals surface area contributed by atoms with Gasteiger partial charge in [0.25, 0.3) is 0 Å². The summed E-state index contributed by atoms with van der Waals surface area (Å²) in [7, 11) is 0. The van der Waals surface area contributed by atoms with Gasteiger partial charge in [0.05, 0.1) is 0 Å². The third-order valence-electron chi connectivity index (χ3n) is 6.45. The summed E-state index contributed by atoms with van der Waals surface area (Å²) in [4.78, 5) is 28.2. The van der Waals surface area contributed by atoms with Crippen molar-refractivity contribution >= 4 is 28.0 Å². The molecule has 0 saturated carbocycles. The molecule has 0 saturated heterocycles. The molecular formula is C32H36BrNO5. The van der Waals surface area contributed by atoms with Gasteiger partial charge in [-0.3, -0.25) is 4.90 Å². The van der Waals surface area contributed by atoms with E-state index in [2.05, 4.69) is 48.8 Å². The Morgan fingerprint density at radius 3 is 2.15 bits per heavy atom. The molecule has 0 radical (unpaired) electrons. The van der Waals surface area contributed by atoms with Gasteiger partial charge in [-0.1, -0.05) is 67.0 Å². The van der Waals surface area contributed by atoms with Crippen molar-refractivity contribution in [3.63, 3.8) is 0 Å². The fraction of sp³-hybridized carbons (Fsp3) is 0.375. The van der Waals surface area contributed by atoms with E-state index in [1.807, 2.05) is 54.6 Å². The number of carbonyl (C=O) groups is 2. The molecule has 3 aromatic carbocycles. The first kappa shape index (κ1) is 28.7. The largest absolute Gasteiger partial charge is 0.459 e. The standard InChI is InChI=1S/C32H36BrNO5/c1-31(2,3)23-10-15-25(16-11-23)38-26-14-9-22-17-18-34(30(36)39-32(4,5)6)28(27(22)19-26)29(35)37-20-21-7-12-24(33)13-8-21/h7-16,19,28H,17-18,20H2,1-6H3. The summed E-state index contributed by atoms with van der Waals surface area (Å²) in [6.07, 6.45) is 0.0360. The van der Waals surface area contributed by atoms with Crippen LogP contribution in [0.3, 0.4) is 0 Å². The molecule has 0 N–H and O–H groups in total. The van der Waals surface area contributed by atoms with Crippen LogP contribution in [0.15, 0.2) is 71.2 Å². The van der Waals surface area contributed by atoms with Crippen LogP contribution >= 0.6 is 15.9 Å². The van der Waals surface area contributed by atoms with Crippen LogP contribution in [0, 0.1) is 0 Å². The lowest BCUT2D eigenvalue weighted by Crippen LogP contribution is -2.46. The maximum absolute atomic E-state index is 13.6. The van der Waals surface area contributed by atoms with Crippen molar-refractivity contribution in [1.29, 1.82) is 0 Å². The fourth-order valence-electron chi connectivity index (χ4n) is 4.40. The van der Waals surface area contributed by atoms with Gasteiger partial charge < -0.3 is 14.2 Å². The molecule has 4 rings (SSSR count). The van der Waals surface area contributed by atoms with Crippen molar-refractivity contribution in [2.45, 2.75) is 71.6 Å². The monoisotopic (exact) mass is 593 g/mol. The van der Waals surface area contributed by atoms with Gasteiger partial charge >= 0.3 is 12.1 Å². The van der Waals surface area contributed by atoms with E-state index in [9.17, 15) is 9.59 Å². The van der Waals surface area contributed by atoms with E-state index in [-0.39, 0.29) is 12.0 Å². The predicted molar refractivity (Wildman–Crippen MR) is 155 cm³/mol. The lowest BCUT2D eigenvalue weighted by atomic mass is 9.87. The Bertz CT molecular complexity index is 1320. The number of hydrogen-bond donors (Lipinski definition) is 0. The van der Waals surface area contributed by atoms with Crippen molar-refractivity contribution < 1.29 is 23.8 Å². The molecule has 0 fully saturated rings. The maximum atomic E-state index is 13.6. The molecule has 1 heterocycles. The van der Waals surface area contributed by atoms with Crippen LogP contribution in [0.25, 0.3) is 0 Å². The number of benzene rings is 3. The molecule has 1 aliphatic heterocycles. The first-order chi connectivity index (χ1) is 18.3. The average molecular weight is 595 g/mol. The molecule has 7 heteroatoms. The normalized spacial score (nSPS) is 15.4. The first-order valence-corrected chi connectivity index (χ1v) is 13.9. The van der Waals surface area contributed by atoms with Crippen LogP contribution < -0.4 is 4.74 Å². The lowest BCUT2D eigenvalue weighted by molar-refractivity contribution is -0.152. The number of hydrogen-bond acceptors (Lipinski definition) is 5. The fourth-order valence-corrected chi connectivity index (χ4v) is 4.67. The summed E-state index contributed by atoms with van der Waals surface area (Å²) in [5.41, 5.74) is 3.05. The van der Waals surface area contributed by atoms with Gasteiger partial charge in [0.2, 0.25) is 0 Å². The average Bonchev–Trinajstić information content (AvgIpc) is 2.86. The number of halogens is 1. The van der Waals surface area contributed by atoms with Gasteiger partial charge in [-0.25, -0.2) is 9.59 Å². The number of rotatable bonds is 5. The van der Waals surface area contributed by atoms with E-state index in [1.54, 1.807) is 20.8 Å². The number of amides is 1. The van der Waals surface area contributed by atoms with Crippen LogP contribution in [0.5, 0.6) is 11.5 Å². The van der Waals surface area contributed by atoms with Crippen molar-refractivity contribution in [3.05, 3.63) is 93.5 Å². The molecule has 0 aromatic heterocycles. The molecule has 1 amide bonds. The second-order valence-corrected chi connectivity index (χ2v) is 12.7. The van der Waals surface area contributed by atoms with Crippen molar-refractivity contribution in [2.75, 3.05) is 6.54 Å². The number of esters is 1.